The summed E-state index contributed by atoms with van der Waals surface area (Å²) in [5.41, 5.74) is 1.59. The first-order valence-corrected chi connectivity index (χ1v) is 10.4. The number of hydrogen-bond donors (Lipinski definition) is 1. The lowest BCUT2D eigenvalue weighted by molar-refractivity contribution is -0.274. The molecule has 0 unspecified atom stereocenters. The van der Waals surface area contributed by atoms with Crippen molar-refractivity contribution in [2.24, 2.45) is 5.41 Å². The van der Waals surface area contributed by atoms with E-state index in [2.05, 4.69) is 19.9 Å². The lowest BCUT2D eigenvalue weighted by atomic mass is 9.78. The number of aromatic nitrogens is 3. The van der Waals surface area contributed by atoms with Crippen molar-refractivity contribution in [3.63, 3.8) is 0 Å². The van der Waals surface area contributed by atoms with Crippen molar-refractivity contribution < 1.29 is 17.9 Å². The second-order valence-electron chi connectivity index (χ2n) is 7.72. The first-order chi connectivity index (χ1) is 13.9. The number of ether oxygens (including phenoxy) is 1. The molecule has 5 rings (SSSR count). The Kier molecular flexibility index (Phi) is 4.43. The van der Waals surface area contributed by atoms with E-state index in [1.807, 2.05) is 0 Å². The van der Waals surface area contributed by atoms with Crippen molar-refractivity contribution in [3.8, 4) is 17.0 Å². The maximum absolute atomic E-state index is 12.5. The maximum atomic E-state index is 12.5. The van der Waals surface area contributed by atoms with Gasteiger partial charge in [-0.15, -0.1) is 18.3 Å². The molecule has 2 aromatic heterocycles. The number of imidazole rings is 1. The fourth-order valence-corrected chi connectivity index (χ4v) is 5.23. The largest absolute Gasteiger partial charge is 0.573 e. The molecule has 2 saturated heterocycles. The molecule has 154 valence electrons. The van der Waals surface area contributed by atoms with Gasteiger partial charge in [0.2, 0.25) is 10.1 Å². The summed E-state index contributed by atoms with van der Waals surface area (Å²) in [6.45, 7) is 4.10. The monoisotopic (exact) mass is 423 g/mol. The van der Waals surface area contributed by atoms with Gasteiger partial charge in [-0.2, -0.15) is 0 Å². The van der Waals surface area contributed by atoms with Gasteiger partial charge in [-0.25, -0.2) is 9.50 Å². The summed E-state index contributed by atoms with van der Waals surface area (Å²) in [6, 6.07) is 5.90. The van der Waals surface area contributed by atoms with Crippen LogP contribution in [0.5, 0.6) is 5.75 Å². The third kappa shape index (κ3) is 3.66. The normalized spacial score (nSPS) is 19.3. The molecule has 6 nitrogen and oxygen atoms in total. The lowest BCUT2D eigenvalue weighted by Crippen LogP contribution is -2.38. The Bertz CT molecular complexity index is 1020. The molecule has 0 radical (unpaired) electrons. The molecule has 0 atom stereocenters. The molecule has 1 spiro atoms. The van der Waals surface area contributed by atoms with Crippen LogP contribution in [0.4, 0.5) is 18.3 Å². The number of piperidine rings is 1. The summed E-state index contributed by atoms with van der Waals surface area (Å²) in [6.07, 6.45) is 0.444. The highest BCUT2D eigenvalue weighted by atomic mass is 32.1. The molecule has 0 aliphatic carbocycles. The van der Waals surface area contributed by atoms with Crippen LogP contribution in [0.25, 0.3) is 16.2 Å². The third-order valence-corrected chi connectivity index (χ3v) is 6.79. The van der Waals surface area contributed by atoms with E-state index in [0.717, 1.165) is 36.3 Å². The summed E-state index contributed by atoms with van der Waals surface area (Å²) in [4.78, 5) is 7.46. The van der Waals surface area contributed by atoms with E-state index >= 15 is 0 Å². The highest BCUT2D eigenvalue weighted by Gasteiger charge is 2.40. The van der Waals surface area contributed by atoms with Crippen molar-refractivity contribution in [2.45, 2.75) is 25.6 Å². The first-order valence-electron chi connectivity index (χ1n) is 9.57. The van der Waals surface area contributed by atoms with E-state index in [1.54, 1.807) is 16.8 Å². The highest BCUT2D eigenvalue weighted by Crippen LogP contribution is 2.41. The Hall–Kier alpha value is -2.33. The topological polar surface area (TPSA) is 54.7 Å². The van der Waals surface area contributed by atoms with Crippen LogP contribution in [0.2, 0.25) is 0 Å². The van der Waals surface area contributed by atoms with E-state index in [0.29, 0.717) is 16.7 Å². The molecule has 1 aromatic carbocycles. The number of rotatable bonds is 3. The van der Waals surface area contributed by atoms with Crippen LogP contribution in [0.1, 0.15) is 19.3 Å². The smallest absolute Gasteiger partial charge is 0.406 e. The minimum Gasteiger partial charge on any atom is -0.406 e. The van der Waals surface area contributed by atoms with Crippen molar-refractivity contribution in [3.05, 3.63) is 30.5 Å². The van der Waals surface area contributed by atoms with Crippen LogP contribution in [-0.2, 0) is 0 Å². The number of alkyl halides is 3. The molecule has 2 fully saturated rings. The maximum Gasteiger partial charge on any atom is 0.573 e. The zero-order valence-corrected chi connectivity index (χ0v) is 16.4. The molecule has 0 bridgehead atoms. The van der Waals surface area contributed by atoms with Crippen molar-refractivity contribution in [2.75, 3.05) is 31.1 Å². The second kappa shape index (κ2) is 6.88. The number of fused-ring (bicyclic) bond motifs is 1. The quantitative estimate of drug-likeness (QED) is 0.692. The molecule has 2 aliphatic heterocycles. The Morgan fingerprint density at radius 2 is 2.00 bits per heavy atom. The van der Waals surface area contributed by atoms with Crippen LogP contribution in [-0.4, -0.2) is 47.1 Å². The van der Waals surface area contributed by atoms with Gasteiger partial charge in [0.05, 0.1) is 11.9 Å². The van der Waals surface area contributed by atoms with E-state index < -0.39 is 6.36 Å². The van der Waals surface area contributed by atoms with Crippen molar-refractivity contribution >= 4 is 21.4 Å². The minimum absolute atomic E-state index is 0.257. The van der Waals surface area contributed by atoms with Crippen molar-refractivity contribution in [1.82, 2.24) is 19.9 Å². The Morgan fingerprint density at radius 3 is 2.79 bits per heavy atom. The van der Waals surface area contributed by atoms with Gasteiger partial charge in [0.25, 0.3) is 0 Å². The van der Waals surface area contributed by atoms with Gasteiger partial charge in [0, 0.05) is 18.7 Å². The summed E-state index contributed by atoms with van der Waals surface area (Å²) in [5, 5.41) is 9.07. The first kappa shape index (κ1) is 18.7. The number of nitrogens with zero attached hydrogens (tertiary/aromatic N) is 4. The van der Waals surface area contributed by atoms with Gasteiger partial charge in [0.1, 0.15) is 5.75 Å². The molecule has 29 heavy (non-hydrogen) atoms. The van der Waals surface area contributed by atoms with Gasteiger partial charge in [-0.1, -0.05) is 23.5 Å². The summed E-state index contributed by atoms with van der Waals surface area (Å²) < 4.78 is 43.4. The summed E-state index contributed by atoms with van der Waals surface area (Å²) in [5.74, 6) is -0.257. The fourth-order valence-electron chi connectivity index (χ4n) is 4.32. The number of anilines is 1. The van der Waals surface area contributed by atoms with Crippen LogP contribution in [0.15, 0.2) is 30.5 Å². The van der Waals surface area contributed by atoms with E-state index in [9.17, 15) is 13.2 Å². The molecular formula is C19H20F3N5OS. The minimum atomic E-state index is -4.72. The highest BCUT2D eigenvalue weighted by molar-refractivity contribution is 7.20. The van der Waals surface area contributed by atoms with Crippen LogP contribution in [0, 0.1) is 5.41 Å². The summed E-state index contributed by atoms with van der Waals surface area (Å²) >= 11 is 1.51. The molecule has 0 amide bonds. The molecule has 0 saturated carbocycles. The third-order valence-electron chi connectivity index (χ3n) is 5.81. The fraction of sp³-hybridized carbons (Fsp3) is 0.474. The van der Waals surface area contributed by atoms with E-state index in [-0.39, 0.29) is 5.75 Å². The molecule has 3 aromatic rings. The Balaban J connectivity index is 1.42. The van der Waals surface area contributed by atoms with Gasteiger partial charge in [-0.05, 0) is 49.9 Å². The Labute approximate surface area is 169 Å². The van der Waals surface area contributed by atoms with Gasteiger partial charge >= 0.3 is 6.36 Å². The van der Waals surface area contributed by atoms with Crippen molar-refractivity contribution in [1.29, 1.82) is 0 Å². The van der Waals surface area contributed by atoms with Gasteiger partial charge < -0.3 is 15.0 Å². The number of hydrogen-bond acceptors (Lipinski definition) is 6. The van der Waals surface area contributed by atoms with E-state index in [4.69, 9.17) is 5.10 Å². The average molecular weight is 423 g/mol. The second-order valence-corrected chi connectivity index (χ2v) is 8.65. The predicted octanol–water partition coefficient (Wildman–Crippen LogP) is 3.94. The molecule has 1 N–H and O–H groups in total. The molecule has 4 heterocycles. The molecule has 10 heteroatoms. The lowest BCUT2D eigenvalue weighted by Gasteiger charge is -2.33. The molecular weight excluding hydrogens is 403 g/mol. The van der Waals surface area contributed by atoms with E-state index in [1.165, 1.54) is 48.8 Å². The van der Waals surface area contributed by atoms with Gasteiger partial charge in [0.15, 0.2) is 0 Å². The SMILES string of the molecule is FC(F)(F)Oc1cccc(-c2cnc3sc(N4CCC5(CCNCC5)C4)nn23)c1. The average Bonchev–Trinajstić information content (AvgIpc) is 3.35. The number of nitrogens with one attached hydrogen (secondary N) is 1. The van der Waals surface area contributed by atoms with Crippen LogP contribution < -0.4 is 15.0 Å². The molecule has 2 aliphatic rings. The number of halogens is 3. The van der Waals surface area contributed by atoms with Crippen LogP contribution >= 0.6 is 11.3 Å². The summed E-state index contributed by atoms with van der Waals surface area (Å²) in [7, 11) is 0. The predicted molar refractivity (Wildman–Crippen MR) is 104 cm³/mol. The van der Waals surface area contributed by atoms with Crippen LogP contribution in [0.3, 0.4) is 0 Å². The zero-order chi connectivity index (χ0) is 20.1. The Morgan fingerprint density at radius 1 is 1.17 bits per heavy atom. The zero-order valence-electron chi connectivity index (χ0n) is 15.6. The standard InChI is InChI=1S/C19H20F3N5OS/c20-19(21,22)28-14-3-1-2-13(10-14)15-11-24-16-27(15)25-17(29-16)26-9-6-18(12-26)4-7-23-8-5-18/h1-3,10-11,23H,4-9,12H2. The van der Waals surface area contributed by atoms with Gasteiger partial charge in [-0.3, -0.25) is 0 Å². The number of benzene rings is 1.